The Labute approximate surface area is 142 Å². The molecular weight excluding hydrogens is 325 g/mol. The van der Waals surface area contributed by atoms with Crippen LogP contribution in [0.2, 0.25) is 0 Å². The third-order valence-corrected chi connectivity index (χ3v) is 4.28. The van der Waals surface area contributed by atoms with Crippen LogP contribution < -0.4 is 0 Å². The van der Waals surface area contributed by atoms with E-state index >= 15 is 0 Å². The van der Waals surface area contributed by atoms with E-state index in [0.29, 0.717) is 12.4 Å². The first-order chi connectivity index (χ1) is 12.0. The number of hydrogen-bond donors (Lipinski definition) is 0. The van der Waals surface area contributed by atoms with E-state index in [9.17, 15) is 9.18 Å². The van der Waals surface area contributed by atoms with Crippen LogP contribution in [0.3, 0.4) is 0 Å². The average Bonchev–Trinajstić information content (AvgIpc) is 3.21. The van der Waals surface area contributed by atoms with Crippen LogP contribution in [-0.4, -0.2) is 46.9 Å². The maximum absolute atomic E-state index is 13.9. The van der Waals surface area contributed by atoms with E-state index in [4.69, 9.17) is 0 Å². The lowest BCUT2D eigenvalue weighted by atomic mass is 10.1. The summed E-state index contributed by atoms with van der Waals surface area (Å²) in [6, 6.07) is 1.35. The monoisotopic (exact) mass is 341 g/mol. The van der Waals surface area contributed by atoms with Crippen molar-refractivity contribution in [1.29, 1.82) is 0 Å². The molecule has 8 nitrogen and oxygen atoms in total. The van der Waals surface area contributed by atoms with Crippen LogP contribution in [-0.2, 0) is 13.6 Å². The Kier molecular flexibility index (Phi) is 3.56. The zero-order chi connectivity index (χ0) is 17.6. The van der Waals surface area contributed by atoms with Gasteiger partial charge in [0.15, 0.2) is 17.5 Å². The summed E-state index contributed by atoms with van der Waals surface area (Å²) in [7, 11) is 1.84. The van der Waals surface area contributed by atoms with Gasteiger partial charge in [0.2, 0.25) is 0 Å². The number of rotatable bonds is 2. The minimum absolute atomic E-state index is 0.0163. The molecule has 0 fully saturated rings. The van der Waals surface area contributed by atoms with Crippen molar-refractivity contribution in [2.24, 2.45) is 7.05 Å². The number of pyridine rings is 1. The van der Waals surface area contributed by atoms with Crippen LogP contribution in [0.5, 0.6) is 0 Å². The molecule has 1 aliphatic rings. The third-order valence-electron chi connectivity index (χ3n) is 4.28. The first-order valence-corrected chi connectivity index (χ1v) is 7.86. The van der Waals surface area contributed by atoms with Crippen molar-refractivity contribution in [2.45, 2.75) is 19.5 Å². The normalized spacial score (nSPS) is 16.8. The number of amides is 1. The van der Waals surface area contributed by atoms with Gasteiger partial charge in [0.25, 0.3) is 5.91 Å². The molecule has 0 aromatic carbocycles. The highest BCUT2D eigenvalue weighted by Crippen LogP contribution is 2.28. The summed E-state index contributed by atoms with van der Waals surface area (Å²) in [6.07, 6.45) is 6.05. The van der Waals surface area contributed by atoms with Gasteiger partial charge in [-0.3, -0.25) is 14.5 Å². The number of nitrogens with zero attached hydrogens (tertiary/aromatic N) is 7. The van der Waals surface area contributed by atoms with Crippen LogP contribution in [0.15, 0.2) is 30.9 Å². The molecule has 0 spiro atoms. The lowest BCUT2D eigenvalue weighted by Crippen LogP contribution is -2.40. The fourth-order valence-electron chi connectivity index (χ4n) is 3.14. The van der Waals surface area contributed by atoms with Crippen molar-refractivity contribution < 1.29 is 9.18 Å². The van der Waals surface area contributed by atoms with Crippen LogP contribution in [0.4, 0.5) is 4.39 Å². The molecule has 1 atom stereocenters. The minimum atomic E-state index is -0.622. The predicted octanol–water partition coefficient (Wildman–Crippen LogP) is 1.43. The van der Waals surface area contributed by atoms with Gasteiger partial charge in [-0.2, -0.15) is 5.10 Å². The Hall–Kier alpha value is -3.10. The number of carbonyl (C=O) groups is 1. The standard InChI is InChI=1S/C16H16FN7O/c1-10-7-23(16(25)12-3-4-18-6-13(12)17)9-14-20-21-15(24(10)14)11-5-19-22(2)8-11/h3-6,8,10H,7,9H2,1-2H3/t10-/m0/s1. The molecule has 1 aliphatic heterocycles. The Morgan fingerprint density at radius 1 is 1.32 bits per heavy atom. The van der Waals surface area contributed by atoms with Gasteiger partial charge in [0.05, 0.1) is 36.1 Å². The molecule has 128 valence electrons. The largest absolute Gasteiger partial charge is 0.329 e. The van der Waals surface area contributed by atoms with E-state index < -0.39 is 5.82 Å². The highest BCUT2D eigenvalue weighted by atomic mass is 19.1. The number of halogens is 1. The van der Waals surface area contributed by atoms with Crippen LogP contribution in [0, 0.1) is 5.82 Å². The summed E-state index contributed by atoms with van der Waals surface area (Å²) in [5, 5.41) is 12.6. The molecule has 0 unspecified atom stereocenters. The molecule has 0 bridgehead atoms. The van der Waals surface area contributed by atoms with Crippen molar-refractivity contribution in [1.82, 2.24) is 34.4 Å². The van der Waals surface area contributed by atoms with E-state index in [0.717, 1.165) is 17.6 Å². The van der Waals surface area contributed by atoms with Gasteiger partial charge in [-0.1, -0.05) is 0 Å². The summed E-state index contributed by atoms with van der Waals surface area (Å²) in [6.45, 7) is 2.70. The van der Waals surface area contributed by atoms with E-state index in [1.807, 2.05) is 24.7 Å². The molecule has 0 aliphatic carbocycles. The van der Waals surface area contributed by atoms with Crippen molar-refractivity contribution in [3.05, 3.63) is 48.1 Å². The highest BCUT2D eigenvalue weighted by molar-refractivity contribution is 5.94. The Morgan fingerprint density at radius 3 is 2.88 bits per heavy atom. The first-order valence-electron chi connectivity index (χ1n) is 7.86. The molecule has 0 saturated heterocycles. The number of aromatic nitrogens is 6. The molecular formula is C16H16FN7O. The topological polar surface area (TPSA) is 81.7 Å². The second-order valence-electron chi connectivity index (χ2n) is 6.10. The SMILES string of the molecule is C[C@H]1CN(C(=O)c2ccncc2F)Cc2nnc(-c3cnn(C)c3)n21. The smallest absolute Gasteiger partial charge is 0.257 e. The number of carbonyl (C=O) groups excluding carboxylic acids is 1. The molecule has 3 aromatic heterocycles. The van der Waals surface area contributed by atoms with Gasteiger partial charge >= 0.3 is 0 Å². The Bertz CT molecular complexity index is 948. The first kappa shape index (κ1) is 15.4. The minimum Gasteiger partial charge on any atom is -0.329 e. The third kappa shape index (κ3) is 2.57. The zero-order valence-corrected chi connectivity index (χ0v) is 13.8. The lowest BCUT2D eigenvalue weighted by molar-refractivity contribution is 0.0677. The second-order valence-corrected chi connectivity index (χ2v) is 6.10. The van der Waals surface area contributed by atoms with Gasteiger partial charge in [0, 0.05) is 26.0 Å². The van der Waals surface area contributed by atoms with Gasteiger partial charge in [0.1, 0.15) is 0 Å². The molecule has 25 heavy (non-hydrogen) atoms. The number of aryl methyl sites for hydroxylation is 1. The highest BCUT2D eigenvalue weighted by Gasteiger charge is 2.31. The predicted molar refractivity (Wildman–Crippen MR) is 85.9 cm³/mol. The molecule has 0 radical (unpaired) electrons. The van der Waals surface area contributed by atoms with Gasteiger partial charge in [-0.05, 0) is 13.0 Å². The van der Waals surface area contributed by atoms with Gasteiger partial charge in [-0.15, -0.1) is 10.2 Å². The van der Waals surface area contributed by atoms with Crippen LogP contribution in [0.1, 0.15) is 29.1 Å². The lowest BCUT2D eigenvalue weighted by Gasteiger charge is -2.32. The molecule has 4 rings (SSSR count). The van der Waals surface area contributed by atoms with E-state index in [1.54, 1.807) is 15.8 Å². The van der Waals surface area contributed by atoms with Crippen LogP contribution >= 0.6 is 0 Å². The summed E-state index contributed by atoms with van der Waals surface area (Å²) < 4.78 is 17.6. The van der Waals surface area contributed by atoms with Crippen LogP contribution in [0.25, 0.3) is 11.4 Å². The van der Waals surface area contributed by atoms with E-state index in [1.165, 1.54) is 12.3 Å². The molecule has 9 heteroatoms. The number of fused-ring (bicyclic) bond motifs is 1. The maximum atomic E-state index is 13.9. The molecule has 4 heterocycles. The fraction of sp³-hybridized carbons (Fsp3) is 0.312. The van der Waals surface area contributed by atoms with Crippen molar-refractivity contribution in [2.75, 3.05) is 6.54 Å². The molecule has 0 N–H and O–H groups in total. The summed E-state index contributed by atoms with van der Waals surface area (Å²) in [5.41, 5.74) is 0.885. The van der Waals surface area contributed by atoms with Gasteiger partial charge < -0.3 is 9.47 Å². The molecule has 0 saturated carbocycles. The average molecular weight is 341 g/mol. The van der Waals surface area contributed by atoms with Gasteiger partial charge in [-0.25, -0.2) is 4.39 Å². The maximum Gasteiger partial charge on any atom is 0.257 e. The second kappa shape index (κ2) is 5.76. The van der Waals surface area contributed by atoms with Crippen molar-refractivity contribution in [3.8, 4) is 11.4 Å². The zero-order valence-electron chi connectivity index (χ0n) is 13.8. The Morgan fingerprint density at radius 2 is 2.16 bits per heavy atom. The molecule has 3 aromatic rings. The Balaban J connectivity index is 1.66. The van der Waals surface area contributed by atoms with E-state index in [-0.39, 0.29) is 24.1 Å². The van der Waals surface area contributed by atoms with Crippen molar-refractivity contribution >= 4 is 5.91 Å². The van der Waals surface area contributed by atoms with Crippen molar-refractivity contribution in [3.63, 3.8) is 0 Å². The summed E-state index contributed by atoms with van der Waals surface area (Å²) in [4.78, 5) is 17.9. The summed E-state index contributed by atoms with van der Waals surface area (Å²) >= 11 is 0. The summed E-state index contributed by atoms with van der Waals surface area (Å²) in [5.74, 6) is 0.394. The number of hydrogen-bond acceptors (Lipinski definition) is 5. The fourth-order valence-corrected chi connectivity index (χ4v) is 3.14. The quantitative estimate of drug-likeness (QED) is 0.704. The van der Waals surface area contributed by atoms with E-state index in [2.05, 4.69) is 20.3 Å². The molecule has 1 amide bonds.